The Hall–Kier alpha value is -0.920. The van der Waals surface area contributed by atoms with Crippen LogP contribution in [0.5, 0.6) is 0 Å². The predicted molar refractivity (Wildman–Crippen MR) is 60.7 cm³/mol. The number of nitrogens with zero attached hydrogens (tertiary/aromatic N) is 1. The van der Waals surface area contributed by atoms with Crippen LogP contribution in [-0.2, 0) is 16.6 Å². The molecular formula is C12H10BrNO. The lowest BCUT2D eigenvalue weighted by Crippen LogP contribution is -2.06. The van der Waals surface area contributed by atoms with Crippen molar-refractivity contribution in [2.45, 2.75) is 30.7 Å². The molecule has 0 radical (unpaired) electrons. The molecule has 2 atom stereocenters. The Kier molecular flexibility index (Phi) is 1.88. The highest BCUT2D eigenvalue weighted by Gasteiger charge is 2.58. The first-order valence-electron chi connectivity index (χ1n) is 5.12. The van der Waals surface area contributed by atoms with Gasteiger partial charge < -0.3 is 0 Å². The molecule has 0 heterocycles. The average molecular weight is 264 g/mol. The van der Waals surface area contributed by atoms with Crippen molar-refractivity contribution >= 4 is 22.0 Å². The highest BCUT2D eigenvalue weighted by molar-refractivity contribution is 9.10. The van der Waals surface area contributed by atoms with Gasteiger partial charge in [0.2, 0.25) is 6.08 Å². The Morgan fingerprint density at radius 1 is 1.53 bits per heavy atom. The lowest BCUT2D eigenvalue weighted by atomic mass is 9.98. The fourth-order valence-corrected chi connectivity index (χ4v) is 3.16. The van der Waals surface area contributed by atoms with E-state index in [-0.39, 0.29) is 11.5 Å². The zero-order chi connectivity index (χ0) is 10.5. The van der Waals surface area contributed by atoms with Crippen LogP contribution >= 0.6 is 15.9 Å². The number of hydrogen-bond donors (Lipinski definition) is 0. The van der Waals surface area contributed by atoms with Gasteiger partial charge in [0.05, 0.1) is 6.04 Å². The molecular weight excluding hydrogens is 254 g/mol. The van der Waals surface area contributed by atoms with Gasteiger partial charge in [0.25, 0.3) is 0 Å². The summed E-state index contributed by atoms with van der Waals surface area (Å²) in [5, 5.41) is 0. The van der Waals surface area contributed by atoms with E-state index in [1.54, 1.807) is 6.08 Å². The van der Waals surface area contributed by atoms with Crippen molar-refractivity contribution in [2.75, 3.05) is 0 Å². The fourth-order valence-electron chi connectivity index (χ4n) is 2.80. The van der Waals surface area contributed by atoms with Gasteiger partial charge in [-0.05, 0) is 42.5 Å². The molecule has 0 aliphatic heterocycles. The van der Waals surface area contributed by atoms with Crippen LogP contribution in [0.4, 0.5) is 0 Å². The van der Waals surface area contributed by atoms with Crippen LogP contribution in [0.3, 0.4) is 0 Å². The van der Waals surface area contributed by atoms with E-state index in [1.807, 2.05) is 0 Å². The normalized spacial score (nSPS) is 31.1. The van der Waals surface area contributed by atoms with Gasteiger partial charge in [-0.15, -0.1) is 0 Å². The molecule has 1 saturated carbocycles. The minimum atomic E-state index is 0.177. The molecule has 1 fully saturated rings. The second kappa shape index (κ2) is 3.03. The summed E-state index contributed by atoms with van der Waals surface area (Å²) in [5.41, 5.74) is 2.99. The number of fused-ring (bicyclic) bond motifs is 2. The first-order chi connectivity index (χ1) is 7.26. The maximum absolute atomic E-state index is 10.3. The summed E-state index contributed by atoms with van der Waals surface area (Å²) in [5.74, 6) is 0. The van der Waals surface area contributed by atoms with Crippen molar-refractivity contribution in [3.05, 3.63) is 33.8 Å². The van der Waals surface area contributed by atoms with Crippen LogP contribution in [-0.4, -0.2) is 12.1 Å². The monoisotopic (exact) mass is 263 g/mol. The van der Waals surface area contributed by atoms with E-state index in [4.69, 9.17) is 0 Å². The van der Waals surface area contributed by atoms with Crippen LogP contribution in [0.2, 0.25) is 0 Å². The summed E-state index contributed by atoms with van der Waals surface area (Å²) < 4.78 is 1.11. The lowest BCUT2D eigenvalue weighted by Gasteiger charge is -2.08. The zero-order valence-electron chi connectivity index (χ0n) is 8.16. The molecule has 0 aromatic heterocycles. The van der Waals surface area contributed by atoms with E-state index in [1.165, 1.54) is 11.1 Å². The number of carbonyl (C=O) groups excluding carboxylic acids is 1. The molecule has 2 aliphatic carbocycles. The Morgan fingerprint density at radius 2 is 2.40 bits per heavy atom. The van der Waals surface area contributed by atoms with Crippen molar-refractivity contribution in [1.29, 1.82) is 0 Å². The van der Waals surface area contributed by atoms with Crippen LogP contribution in [0.1, 0.15) is 24.0 Å². The van der Waals surface area contributed by atoms with E-state index < -0.39 is 0 Å². The van der Waals surface area contributed by atoms with Crippen LogP contribution in [0.15, 0.2) is 27.7 Å². The number of aliphatic imine (C=N–C) groups is 1. The second-order valence-electron chi connectivity index (χ2n) is 4.40. The molecule has 0 unspecified atom stereocenters. The van der Waals surface area contributed by atoms with E-state index >= 15 is 0 Å². The Balaban J connectivity index is 2.06. The summed E-state index contributed by atoms with van der Waals surface area (Å²) in [7, 11) is 0. The number of rotatable bonds is 1. The number of hydrogen-bond acceptors (Lipinski definition) is 2. The topological polar surface area (TPSA) is 29.4 Å². The third kappa shape index (κ3) is 1.23. The number of aryl methyl sites for hydroxylation is 1. The summed E-state index contributed by atoms with van der Waals surface area (Å²) in [4.78, 5) is 14.2. The fraction of sp³-hybridized carbons (Fsp3) is 0.417. The largest absolute Gasteiger partial charge is 0.235 e. The zero-order valence-corrected chi connectivity index (χ0v) is 9.75. The molecule has 76 valence electrons. The van der Waals surface area contributed by atoms with Crippen molar-refractivity contribution < 1.29 is 4.79 Å². The summed E-state index contributed by atoms with van der Waals surface area (Å²) in [6.45, 7) is 0. The van der Waals surface area contributed by atoms with Crippen molar-refractivity contribution in [3.8, 4) is 0 Å². The molecule has 15 heavy (non-hydrogen) atoms. The van der Waals surface area contributed by atoms with Gasteiger partial charge in [0.15, 0.2) is 0 Å². The first kappa shape index (κ1) is 9.32. The van der Waals surface area contributed by atoms with Crippen LogP contribution in [0.25, 0.3) is 0 Å². The highest BCUT2D eigenvalue weighted by Crippen LogP contribution is 2.58. The third-order valence-electron chi connectivity index (χ3n) is 3.69. The van der Waals surface area contributed by atoms with Gasteiger partial charge in [-0.2, -0.15) is 0 Å². The molecule has 0 N–H and O–H groups in total. The molecule has 3 heteroatoms. The lowest BCUT2D eigenvalue weighted by molar-refractivity contribution is 0.559. The van der Waals surface area contributed by atoms with Gasteiger partial charge in [-0.25, -0.2) is 9.79 Å². The van der Waals surface area contributed by atoms with Crippen LogP contribution in [0, 0.1) is 0 Å². The highest BCUT2D eigenvalue weighted by atomic mass is 79.9. The molecule has 1 aromatic rings. The molecule has 3 rings (SSSR count). The van der Waals surface area contributed by atoms with Crippen molar-refractivity contribution in [2.24, 2.45) is 4.99 Å². The molecule has 1 aromatic carbocycles. The van der Waals surface area contributed by atoms with Crippen molar-refractivity contribution in [3.63, 3.8) is 0 Å². The standard InChI is InChI=1S/C12H10BrNO/c13-9-2-1-8-3-4-12(10(8)5-9)6-11(12)14-7-15/h1-2,5,11H,3-4,6H2/t11-,12-/m1/s1. The van der Waals surface area contributed by atoms with Gasteiger partial charge in [0, 0.05) is 9.89 Å². The van der Waals surface area contributed by atoms with E-state index in [0.29, 0.717) is 0 Å². The maximum Gasteiger partial charge on any atom is 0.235 e. The Bertz CT molecular complexity index is 479. The van der Waals surface area contributed by atoms with Gasteiger partial charge >= 0.3 is 0 Å². The predicted octanol–water partition coefficient (Wildman–Crippen LogP) is 2.74. The van der Waals surface area contributed by atoms with Gasteiger partial charge in [-0.1, -0.05) is 22.0 Å². The second-order valence-corrected chi connectivity index (χ2v) is 5.31. The van der Waals surface area contributed by atoms with E-state index in [9.17, 15) is 4.79 Å². The van der Waals surface area contributed by atoms with Gasteiger partial charge in [0.1, 0.15) is 0 Å². The molecule has 0 amide bonds. The summed E-state index contributed by atoms with van der Waals surface area (Å²) >= 11 is 3.50. The van der Waals surface area contributed by atoms with Crippen molar-refractivity contribution in [1.82, 2.24) is 0 Å². The Morgan fingerprint density at radius 3 is 3.20 bits per heavy atom. The number of isocyanates is 1. The van der Waals surface area contributed by atoms with E-state index in [2.05, 4.69) is 39.1 Å². The third-order valence-corrected chi connectivity index (χ3v) is 4.19. The molecule has 2 aliphatic rings. The maximum atomic E-state index is 10.3. The molecule has 0 saturated heterocycles. The van der Waals surface area contributed by atoms with E-state index in [0.717, 1.165) is 23.7 Å². The molecule has 2 nitrogen and oxygen atoms in total. The minimum absolute atomic E-state index is 0.177. The minimum Gasteiger partial charge on any atom is -0.211 e. The average Bonchev–Trinajstić information content (AvgIpc) is 2.79. The molecule has 0 bridgehead atoms. The SMILES string of the molecule is O=C=N[C@@H]1C[C@@]12CCc1ccc(Br)cc12. The first-order valence-corrected chi connectivity index (χ1v) is 5.91. The Labute approximate surface area is 96.5 Å². The smallest absolute Gasteiger partial charge is 0.211 e. The van der Waals surface area contributed by atoms with Gasteiger partial charge in [-0.3, -0.25) is 0 Å². The summed E-state index contributed by atoms with van der Waals surface area (Å²) in [6, 6.07) is 6.63. The number of halogens is 1. The van der Waals surface area contributed by atoms with Crippen LogP contribution < -0.4 is 0 Å². The number of benzene rings is 1. The quantitative estimate of drug-likeness (QED) is 0.566. The molecule has 1 spiro atoms. The summed E-state index contributed by atoms with van der Waals surface area (Å²) in [6.07, 6.45) is 4.96.